The number of rotatable bonds is 3. The second kappa shape index (κ2) is 5.85. The van der Waals surface area contributed by atoms with Crippen LogP contribution in [-0.4, -0.2) is 10.9 Å². The first-order valence-corrected chi connectivity index (χ1v) is 8.81. The summed E-state index contributed by atoms with van der Waals surface area (Å²) >= 11 is 2.59. The highest BCUT2D eigenvalue weighted by molar-refractivity contribution is 7.21. The molecule has 4 nitrogen and oxygen atoms in total. The highest BCUT2D eigenvalue weighted by atomic mass is 32.1. The molecule has 0 aliphatic rings. The second-order valence-electron chi connectivity index (χ2n) is 5.14. The van der Waals surface area contributed by atoms with Crippen LogP contribution >= 0.6 is 22.7 Å². The quantitative estimate of drug-likeness (QED) is 0.539. The number of halogens is 1. The van der Waals surface area contributed by atoms with E-state index in [4.69, 9.17) is 4.42 Å². The smallest absolute Gasteiger partial charge is 0.267 e. The molecule has 0 aliphatic carbocycles. The van der Waals surface area contributed by atoms with E-state index in [1.165, 1.54) is 28.7 Å². The van der Waals surface area contributed by atoms with Crippen molar-refractivity contribution >= 4 is 43.8 Å². The maximum atomic E-state index is 14.0. The maximum absolute atomic E-state index is 14.0. The number of hydrogen-bond donors (Lipinski definition) is 1. The van der Waals surface area contributed by atoms with Crippen LogP contribution in [0.25, 0.3) is 21.5 Å². The molecule has 0 unspecified atom stereocenters. The molecule has 0 bridgehead atoms. The van der Waals surface area contributed by atoms with E-state index in [1.54, 1.807) is 31.4 Å². The van der Waals surface area contributed by atoms with Gasteiger partial charge in [-0.2, -0.15) is 0 Å². The molecule has 0 saturated carbocycles. The number of carbonyl (C=O) groups is 1. The molecule has 0 radical (unpaired) electrons. The maximum Gasteiger partial charge on any atom is 0.267 e. The normalized spacial score (nSPS) is 11.1. The third-order valence-electron chi connectivity index (χ3n) is 3.61. The van der Waals surface area contributed by atoms with Gasteiger partial charge in [0.1, 0.15) is 11.5 Å². The summed E-state index contributed by atoms with van der Waals surface area (Å²) in [6.45, 7) is 1.76. The van der Waals surface area contributed by atoms with Gasteiger partial charge in [-0.15, -0.1) is 22.7 Å². The Labute approximate surface area is 144 Å². The predicted molar refractivity (Wildman–Crippen MR) is 94.3 cm³/mol. The molecular weight excluding hydrogens is 347 g/mol. The van der Waals surface area contributed by atoms with Crippen LogP contribution in [0.3, 0.4) is 0 Å². The van der Waals surface area contributed by atoms with E-state index in [2.05, 4.69) is 10.3 Å². The predicted octanol–water partition coefficient (Wildman–Crippen LogP) is 5.32. The monoisotopic (exact) mass is 358 g/mol. The zero-order chi connectivity index (χ0) is 16.7. The van der Waals surface area contributed by atoms with Gasteiger partial charge < -0.3 is 4.42 Å². The summed E-state index contributed by atoms with van der Waals surface area (Å²) in [5.41, 5.74) is 1.31. The molecule has 4 rings (SSSR count). The number of benzene rings is 1. The number of furan rings is 1. The Balaban J connectivity index is 1.63. The number of aromatic nitrogens is 1. The van der Waals surface area contributed by atoms with Gasteiger partial charge >= 0.3 is 0 Å². The van der Waals surface area contributed by atoms with Crippen LogP contribution in [0.5, 0.6) is 0 Å². The van der Waals surface area contributed by atoms with Crippen LogP contribution in [0.1, 0.15) is 15.2 Å². The average Bonchev–Trinajstić information content (AvgIpc) is 3.27. The Morgan fingerprint density at radius 3 is 2.92 bits per heavy atom. The van der Waals surface area contributed by atoms with Crippen LogP contribution in [0, 0.1) is 12.7 Å². The largest absolute Gasteiger partial charge is 0.463 e. The van der Waals surface area contributed by atoms with E-state index in [-0.39, 0.29) is 11.7 Å². The molecule has 24 heavy (non-hydrogen) atoms. The van der Waals surface area contributed by atoms with Crippen LogP contribution in [-0.2, 0) is 0 Å². The summed E-state index contributed by atoms with van der Waals surface area (Å²) in [7, 11) is 0. The van der Waals surface area contributed by atoms with Crippen molar-refractivity contribution in [3.63, 3.8) is 0 Å². The van der Waals surface area contributed by atoms with Crippen molar-refractivity contribution in [1.82, 2.24) is 4.98 Å². The summed E-state index contributed by atoms with van der Waals surface area (Å²) in [6.07, 6.45) is 1.57. The van der Waals surface area contributed by atoms with Crippen LogP contribution < -0.4 is 5.32 Å². The van der Waals surface area contributed by atoms with Crippen molar-refractivity contribution in [2.75, 3.05) is 5.32 Å². The van der Waals surface area contributed by atoms with Gasteiger partial charge in [0.15, 0.2) is 10.9 Å². The minimum Gasteiger partial charge on any atom is -0.463 e. The van der Waals surface area contributed by atoms with E-state index in [0.29, 0.717) is 32.4 Å². The minimum atomic E-state index is -0.311. The number of fused-ring (bicyclic) bond motifs is 1. The summed E-state index contributed by atoms with van der Waals surface area (Å²) in [4.78, 5) is 17.4. The molecule has 0 spiro atoms. The fourth-order valence-corrected chi connectivity index (χ4v) is 4.31. The lowest BCUT2D eigenvalue weighted by atomic mass is 10.1. The van der Waals surface area contributed by atoms with Crippen molar-refractivity contribution in [2.45, 2.75) is 6.92 Å². The third kappa shape index (κ3) is 2.51. The summed E-state index contributed by atoms with van der Waals surface area (Å²) in [6, 6.07) is 8.44. The Bertz CT molecular complexity index is 1030. The first-order valence-electron chi connectivity index (χ1n) is 7.12. The standard InChI is InChI=1S/C17H11FN2O2S2/c1-9-14-10(18)4-2-6-13(14)24-15(9)16(21)20-17-19-11(8-23-17)12-5-3-7-22-12/h2-8H,1H3,(H,19,20,21). The summed E-state index contributed by atoms with van der Waals surface area (Å²) < 4.78 is 20.0. The first kappa shape index (κ1) is 15.0. The molecule has 3 heterocycles. The second-order valence-corrected chi connectivity index (χ2v) is 7.05. The van der Waals surface area contributed by atoms with Crippen molar-refractivity contribution in [2.24, 2.45) is 0 Å². The molecule has 3 aromatic heterocycles. The fraction of sp³-hybridized carbons (Fsp3) is 0.0588. The average molecular weight is 358 g/mol. The molecular formula is C17H11FN2O2S2. The molecule has 120 valence electrons. The van der Waals surface area contributed by atoms with Crippen LogP contribution in [0.4, 0.5) is 9.52 Å². The molecule has 7 heteroatoms. The summed E-state index contributed by atoms with van der Waals surface area (Å²) in [5, 5.41) is 5.57. The van der Waals surface area contributed by atoms with Gasteiger partial charge in [0, 0.05) is 15.5 Å². The van der Waals surface area contributed by atoms with E-state index in [9.17, 15) is 9.18 Å². The summed E-state index contributed by atoms with van der Waals surface area (Å²) in [5.74, 6) is 0.0509. The lowest BCUT2D eigenvalue weighted by Crippen LogP contribution is -2.11. The van der Waals surface area contributed by atoms with Crippen molar-refractivity contribution in [3.05, 3.63) is 58.2 Å². The molecule has 0 saturated heterocycles. The van der Waals surface area contributed by atoms with Crippen LogP contribution in [0.15, 0.2) is 46.4 Å². The Morgan fingerprint density at radius 1 is 1.29 bits per heavy atom. The van der Waals surface area contributed by atoms with Gasteiger partial charge in [0.2, 0.25) is 0 Å². The van der Waals surface area contributed by atoms with Crippen molar-refractivity contribution in [1.29, 1.82) is 0 Å². The number of nitrogens with one attached hydrogen (secondary N) is 1. The van der Waals surface area contributed by atoms with Gasteiger partial charge in [0.25, 0.3) is 5.91 Å². The Morgan fingerprint density at radius 2 is 2.17 bits per heavy atom. The van der Waals surface area contributed by atoms with E-state index >= 15 is 0 Å². The third-order valence-corrected chi connectivity index (χ3v) is 5.62. The van der Waals surface area contributed by atoms with Crippen LogP contribution in [0.2, 0.25) is 0 Å². The molecule has 1 aromatic carbocycles. The molecule has 1 N–H and O–H groups in total. The number of hydrogen-bond acceptors (Lipinski definition) is 5. The van der Waals surface area contributed by atoms with Gasteiger partial charge in [-0.1, -0.05) is 6.07 Å². The lowest BCUT2D eigenvalue weighted by Gasteiger charge is -2.00. The van der Waals surface area contributed by atoms with Gasteiger partial charge in [-0.3, -0.25) is 10.1 Å². The zero-order valence-corrected chi connectivity index (χ0v) is 14.1. The molecule has 0 fully saturated rings. The zero-order valence-electron chi connectivity index (χ0n) is 12.5. The van der Waals surface area contributed by atoms with Gasteiger partial charge in [-0.25, -0.2) is 9.37 Å². The Hall–Kier alpha value is -2.51. The number of carbonyl (C=O) groups excluding carboxylic acids is 1. The van der Waals surface area contributed by atoms with Crippen molar-refractivity contribution in [3.8, 4) is 11.5 Å². The van der Waals surface area contributed by atoms with Gasteiger partial charge in [-0.05, 0) is 36.8 Å². The SMILES string of the molecule is Cc1c(C(=O)Nc2nc(-c3ccco3)cs2)sc2cccc(F)c12. The number of nitrogens with zero attached hydrogens (tertiary/aromatic N) is 1. The first-order chi connectivity index (χ1) is 11.6. The number of anilines is 1. The fourth-order valence-electron chi connectivity index (χ4n) is 2.49. The van der Waals surface area contributed by atoms with Gasteiger partial charge in [0.05, 0.1) is 11.1 Å². The topological polar surface area (TPSA) is 55.1 Å². The van der Waals surface area contributed by atoms with E-state index < -0.39 is 0 Å². The van der Waals surface area contributed by atoms with E-state index in [1.807, 2.05) is 11.4 Å². The lowest BCUT2D eigenvalue weighted by molar-refractivity contribution is 0.103. The molecule has 4 aromatic rings. The van der Waals surface area contributed by atoms with Crippen molar-refractivity contribution < 1.29 is 13.6 Å². The molecule has 1 amide bonds. The van der Waals surface area contributed by atoms with E-state index in [0.717, 1.165) is 4.70 Å². The Kier molecular flexibility index (Phi) is 3.66. The molecule has 0 atom stereocenters. The highest BCUT2D eigenvalue weighted by Crippen LogP contribution is 2.33. The minimum absolute atomic E-state index is 0.284. The number of amides is 1. The number of aryl methyl sites for hydroxylation is 1. The molecule has 0 aliphatic heterocycles. The highest BCUT2D eigenvalue weighted by Gasteiger charge is 2.19. The number of thiazole rings is 1. The number of thiophene rings is 1.